The van der Waals surface area contributed by atoms with E-state index in [4.69, 9.17) is 14.5 Å². The van der Waals surface area contributed by atoms with Gasteiger partial charge in [0.1, 0.15) is 23.9 Å². The van der Waals surface area contributed by atoms with Crippen molar-refractivity contribution >= 4 is 11.0 Å². The quantitative estimate of drug-likeness (QED) is 0.340. The zero-order valence-electron chi connectivity index (χ0n) is 17.9. The third kappa shape index (κ3) is 4.48. The molecule has 4 rings (SSSR count). The second-order valence-electron chi connectivity index (χ2n) is 7.69. The molecule has 0 spiro atoms. The number of nitrogens with zero attached hydrogens (tertiary/aromatic N) is 2. The number of hydrogen-bond acceptors (Lipinski definition) is 3. The number of aromatic nitrogens is 2. The normalized spacial score (nSPS) is 11.0. The molecule has 0 fully saturated rings. The van der Waals surface area contributed by atoms with E-state index in [0.717, 1.165) is 41.3 Å². The topological polar surface area (TPSA) is 36.3 Å². The van der Waals surface area contributed by atoms with Gasteiger partial charge in [0.05, 0.1) is 17.6 Å². The van der Waals surface area contributed by atoms with E-state index in [1.54, 1.807) is 0 Å². The van der Waals surface area contributed by atoms with Crippen molar-refractivity contribution in [1.82, 2.24) is 9.55 Å². The molecule has 0 radical (unpaired) electrons. The predicted molar refractivity (Wildman–Crippen MR) is 121 cm³/mol. The van der Waals surface area contributed by atoms with Gasteiger partial charge in [-0.15, -0.1) is 0 Å². The second-order valence-corrected chi connectivity index (χ2v) is 7.69. The first-order valence-electron chi connectivity index (χ1n) is 10.4. The van der Waals surface area contributed by atoms with Gasteiger partial charge in [-0.3, -0.25) is 0 Å². The van der Waals surface area contributed by atoms with Crippen LogP contribution in [0.4, 0.5) is 0 Å². The largest absolute Gasteiger partial charge is 0.493 e. The summed E-state index contributed by atoms with van der Waals surface area (Å²) in [6.07, 6.45) is 0.895. The van der Waals surface area contributed by atoms with Crippen LogP contribution in [0, 0.1) is 20.8 Å². The molecule has 1 aromatic heterocycles. The van der Waals surface area contributed by atoms with Gasteiger partial charge >= 0.3 is 0 Å². The Kier molecular flexibility index (Phi) is 6.03. The third-order valence-electron chi connectivity index (χ3n) is 5.30. The van der Waals surface area contributed by atoms with Gasteiger partial charge < -0.3 is 14.0 Å². The summed E-state index contributed by atoms with van der Waals surface area (Å²) < 4.78 is 14.4. The molecule has 4 aromatic rings. The van der Waals surface area contributed by atoms with Gasteiger partial charge in [-0.25, -0.2) is 4.98 Å². The van der Waals surface area contributed by atoms with E-state index in [1.807, 2.05) is 24.3 Å². The summed E-state index contributed by atoms with van der Waals surface area (Å²) in [5.74, 6) is 2.79. The minimum atomic E-state index is 0.440. The summed E-state index contributed by atoms with van der Waals surface area (Å²) in [5.41, 5.74) is 5.70. The minimum Gasteiger partial charge on any atom is -0.493 e. The van der Waals surface area contributed by atoms with E-state index in [1.165, 1.54) is 16.7 Å². The molecule has 4 nitrogen and oxygen atoms in total. The number of rotatable bonds is 8. The standard InChI is InChI=1S/C26H28N2O2/c1-19-12-14-22(15-13-19)30-18-25-27-23-10-4-5-11-24(23)28(25)16-7-17-29-26-20(2)8-6-9-21(26)3/h4-6,8-15H,7,16-18H2,1-3H3. The van der Waals surface area contributed by atoms with Gasteiger partial charge in [0.15, 0.2) is 0 Å². The van der Waals surface area contributed by atoms with Crippen LogP contribution < -0.4 is 9.47 Å². The van der Waals surface area contributed by atoms with E-state index in [2.05, 4.69) is 67.8 Å². The van der Waals surface area contributed by atoms with Crippen molar-refractivity contribution in [3.8, 4) is 11.5 Å². The summed E-state index contributed by atoms with van der Waals surface area (Å²) in [4.78, 5) is 4.81. The van der Waals surface area contributed by atoms with E-state index in [9.17, 15) is 0 Å². The van der Waals surface area contributed by atoms with Crippen molar-refractivity contribution in [1.29, 1.82) is 0 Å². The molecule has 0 bridgehead atoms. The molecule has 0 atom stereocenters. The molecular weight excluding hydrogens is 372 g/mol. The summed E-state index contributed by atoms with van der Waals surface area (Å²) in [5, 5.41) is 0. The number of aryl methyl sites for hydroxylation is 4. The zero-order chi connectivity index (χ0) is 20.9. The Hall–Kier alpha value is -3.27. The van der Waals surface area contributed by atoms with Crippen LogP contribution in [0.25, 0.3) is 11.0 Å². The maximum absolute atomic E-state index is 6.09. The van der Waals surface area contributed by atoms with Gasteiger partial charge in [0, 0.05) is 6.54 Å². The molecule has 4 heteroatoms. The molecular formula is C26H28N2O2. The van der Waals surface area contributed by atoms with Gasteiger partial charge in [-0.2, -0.15) is 0 Å². The Morgan fingerprint density at radius 3 is 2.30 bits per heavy atom. The molecule has 0 aliphatic rings. The second kappa shape index (κ2) is 9.04. The van der Waals surface area contributed by atoms with Gasteiger partial charge in [0.2, 0.25) is 0 Å². The fourth-order valence-electron chi connectivity index (χ4n) is 3.69. The first kappa shape index (κ1) is 20.0. The highest BCUT2D eigenvalue weighted by atomic mass is 16.5. The molecule has 0 aliphatic carbocycles. The van der Waals surface area contributed by atoms with E-state index >= 15 is 0 Å². The monoisotopic (exact) mass is 400 g/mol. The first-order valence-corrected chi connectivity index (χ1v) is 10.4. The summed E-state index contributed by atoms with van der Waals surface area (Å²) >= 11 is 0. The highest BCUT2D eigenvalue weighted by Crippen LogP contribution is 2.23. The van der Waals surface area contributed by atoms with Crippen LogP contribution in [-0.4, -0.2) is 16.2 Å². The SMILES string of the molecule is Cc1ccc(OCc2nc3ccccc3n2CCCOc2c(C)cccc2C)cc1. The van der Waals surface area contributed by atoms with Crippen LogP contribution >= 0.6 is 0 Å². The fourth-order valence-corrected chi connectivity index (χ4v) is 3.69. The molecule has 0 saturated carbocycles. The van der Waals surface area contributed by atoms with Crippen LogP contribution in [0.5, 0.6) is 11.5 Å². The summed E-state index contributed by atoms with van der Waals surface area (Å²) in [7, 11) is 0. The number of para-hydroxylation sites is 3. The Bertz CT molecular complexity index is 1110. The van der Waals surface area contributed by atoms with Crippen LogP contribution in [-0.2, 0) is 13.2 Å². The number of fused-ring (bicyclic) bond motifs is 1. The van der Waals surface area contributed by atoms with Crippen molar-refractivity contribution in [2.24, 2.45) is 0 Å². The van der Waals surface area contributed by atoms with Crippen molar-refractivity contribution < 1.29 is 9.47 Å². The maximum atomic E-state index is 6.09. The van der Waals surface area contributed by atoms with E-state index < -0.39 is 0 Å². The number of benzene rings is 3. The number of imidazole rings is 1. The van der Waals surface area contributed by atoms with Crippen LogP contribution in [0.1, 0.15) is 28.9 Å². The van der Waals surface area contributed by atoms with Crippen molar-refractivity contribution in [3.05, 3.63) is 89.2 Å². The van der Waals surface area contributed by atoms with Crippen molar-refractivity contribution in [2.75, 3.05) is 6.61 Å². The molecule has 30 heavy (non-hydrogen) atoms. The zero-order valence-corrected chi connectivity index (χ0v) is 17.9. The molecule has 0 N–H and O–H groups in total. The molecule has 3 aromatic carbocycles. The van der Waals surface area contributed by atoms with Crippen molar-refractivity contribution in [3.63, 3.8) is 0 Å². The molecule has 154 valence electrons. The molecule has 1 heterocycles. The van der Waals surface area contributed by atoms with Crippen LogP contribution in [0.2, 0.25) is 0 Å². The smallest absolute Gasteiger partial charge is 0.147 e. The Labute approximate surface area is 178 Å². The molecule has 0 saturated heterocycles. The fraction of sp³-hybridized carbons (Fsp3) is 0.269. The maximum Gasteiger partial charge on any atom is 0.147 e. The van der Waals surface area contributed by atoms with Gasteiger partial charge in [0.25, 0.3) is 0 Å². The predicted octanol–water partition coefficient (Wildman–Crippen LogP) is 6.01. The van der Waals surface area contributed by atoms with E-state index in [-0.39, 0.29) is 0 Å². The van der Waals surface area contributed by atoms with Crippen LogP contribution in [0.3, 0.4) is 0 Å². The summed E-state index contributed by atoms with van der Waals surface area (Å²) in [6, 6.07) is 22.6. The van der Waals surface area contributed by atoms with Crippen molar-refractivity contribution in [2.45, 2.75) is 40.3 Å². The third-order valence-corrected chi connectivity index (χ3v) is 5.30. The van der Waals surface area contributed by atoms with Gasteiger partial charge in [-0.1, -0.05) is 48.0 Å². The molecule has 0 amide bonds. The average Bonchev–Trinajstić information content (AvgIpc) is 3.10. The van der Waals surface area contributed by atoms with Crippen LogP contribution in [0.15, 0.2) is 66.7 Å². The van der Waals surface area contributed by atoms with Gasteiger partial charge in [-0.05, 0) is 62.6 Å². The Morgan fingerprint density at radius 1 is 0.800 bits per heavy atom. The number of hydrogen-bond donors (Lipinski definition) is 0. The summed E-state index contributed by atoms with van der Waals surface area (Å²) in [6.45, 7) is 8.19. The first-order chi connectivity index (χ1) is 14.6. The lowest BCUT2D eigenvalue weighted by molar-refractivity contribution is 0.279. The van der Waals surface area contributed by atoms with E-state index in [0.29, 0.717) is 13.2 Å². The lowest BCUT2D eigenvalue weighted by Gasteiger charge is -2.13. The average molecular weight is 401 g/mol. The Balaban J connectivity index is 1.45. The molecule has 0 unspecified atom stereocenters. The lowest BCUT2D eigenvalue weighted by atomic mass is 10.1. The Morgan fingerprint density at radius 2 is 1.53 bits per heavy atom. The minimum absolute atomic E-state index is 0.440. The highest BCUT2D eigenvalue weighted by molar-refractivity contribution is 5.75. The lowest BCUT2D eigenvalue weighted by Crippen LogP contribution is -2.10. The number of ether oxygens (including phenoxy) is 2. The highest BCUT2D eigenvalue weighted by Gasteiger charge is 2.11. The molecule has 0 aliphatic heterocycles.